The number of rotatable bonds is 2. The van der Waals surface area contributed by atoms with Crippen LogP contribution in [0.15, 0.2) is 18.3 Å². The lowest BCUT2D eigenvalue weighted by molar-refractivity contribution is -0.137. The number of nitrogens with two attached hydrogens (primary N) is 1. The van der Waals surface area contributed by atoms with Crippen molar-refractivity contribution >= 4 is 11.6 Å². The fourth-order valence-electron chi connectivity index (χ4n) is 1.85. The lowest BCUT2D eigenvalue weighted by atomic mass is 10.2. The highest BCUT2D eigenvalue weighted by molar-refractivity contribution is 5.78. The Morgan fingerprint density at radius 3 is 3.12 bits per heavy atom. The average Bonchev–Trinajstić information content (AvgIpc) is 2.32. The number of morpholine rings is 1. The van der Waals surface area contributed by atoms with Crippen molar-refractivity contribution in [2.75, 3.05) is 25.4 Å². The number of anilines is 1. The number of hydrogen-bond acceptors (Lipinski definition) is 4. The quantitative estimate of drug-likeness (QED) is 0.808. The summed E-state index contributed by atoms with van der Waals surface area (Å²) >= 11 is 0. The summed E-state index contributed by atoms with van der Waals surface area (Å²) in [4.78, 5) is 18.0. The van der Waals surface area contributed by atoms with Gasteiger partial charge in [0, 0.05) is 18.8 Å². The second kappa shape index (κ2) is 5.14. The van der Waals surface area contributed by atoms with Crippen LogP contribution in [0.2, 0.25) is 0 Å². The third-order valence-corrected chi connectivity index (χ3v) is 2.77. The highest BCUT2D eigenvalue weighted by atomic mass is 16.5. The van der Waals surface area contributed by atoms with E-state index in [0.717, 1.165) is 5.69 Å². The number of ether oxygens (including phenoxy) is 1. The Morgan fingerprint density at radius 1 is 1.65 bits per heavy atom. The number of aromatic nitrogens is 1. The Kier molecular flexibility index (Phi) is 3.58. The van der Waals surface area contributed by atoms with Gasteiger partial charge in [0.15, 0.2) is 0 Å². The summed E-state index contributed by atoms with van der Waals surface area (Å²) in [5.41, 5.74) is 6.91. The van der Waals surface area contributed by atoms with Gasteiger partial charge < -0.3 is 15.4 Å². The summed E-state index contributed by atoms with van der Waals surface area (Å²) < 4.78 is 5.40. The zero-order valence-corrected chi connectivity index (χ0v) is 9.93. The standard InChI is InChI=1S/C12H17N3O2/c1-9-8-15(4-5-17-9)12(16)6-11-3-2-10(13)7-14-11/h2-3,7,9H,4-6,8,13H2,1H3. The maximum Gasteiger partial charge on any atom is 0.228 e. The van der Waals surface area contributed by atoms with Gasteiger partial charge in [-0.1, -0.05) is 0 Å². The van der Waals surface area contributed by atoms with E-state index in [9.17, 15) is 4.79 Å². The molecule has 1 aliphatic rings. The molecule has 1 saturated heterocycles. The van der Waals surface area contributed by atoms with Crippen molar-refractivity contribution in [1.29, 1.82) is 0 Å². The van der Waals surface area contributed by atoms with E-state index in [2.05, 4.69) is 4.98 Å². The highest BCUT2D eigenvalue weighted by Crippen LogP contribution is 2.08. The van der Waals surface area contributed by atoms with E-state index >= 15 is 0 Å². The second-order valence-corrected chi connectivity index (χ2v) is 4.28. The second-order valence-electron chi connectivity index (χ2n) is 4.28. The van der Waals surface area contributed by atoms with Crippen molar-refractivity contribution in [3.8, 4) is 0 Å². The molecule has 92 valence electrons. The molecule has 0 radical (unpaired) electrons. The Balaban J connectivity index is 1.94. The van der Waals surface area contributed by atoms with Gasteiger partial charge in [0.05, 0.1) is 31.0 Å². The molecule has 1 fully saturated rings. The number of hydrogen-bond donors (Lipinski definition) is 1. The SMILES string of the molecule is CC1CN(C(=O)Cc2ccc(N)cn2)CCO1. The molecule has 0 bridgehead atoms. The molecule has 1 unspecified atom stereocenters. The van der Waals surface area contributed by atoms with Crippen molar-refractivity contribution in [2.24, 2.45) is 0 Å². The van der Waals surface area contributed by atoms with Crippen LogP contribution in [0.4, 0.5) is 5.69 Å². The normalized spacial score (nSPS) is 20.3. The van der Waals surface area contributed by atoms with Crippen molar-refractivity contribution in [2.45, 2.75) is 19.4 Å². The zero-order chi connectivity index (χ0) is 12.3. The molecule has 1 aliphatic heterocycles. The van der Waals surface area contributed by atoms with Gasteiger partial charge in [0.1, 0.15) is 0 Å². The maximum absolute atomic E-state index is 12.0. The number of amides is 1. The number of pyridine rings is 1. The molecule has 0 spiro atoms. The molecule has 2 rings (SSSR count). The van der Waals surface area contributed by atoms with Crippen molar-refractivity contribution < 1.29 is 9.53 Å². The van der Waals surface area contributed by atoms with Crippen molar-refractivity contribution in [3.05, 3.63) is 24.0 Å². The van der Waals surface area contributed by atoms with Crippen LogP contribution in [-0.4, -0.2) is 41.6 Å². The molecule has 1 atom stereocenters. The van der Waals surface area contributed by atoms with E-state index in [1.165, 1.54) is 0 Å². The van der Waals surface area contributed by atoms with Gasteiger partial charge in [-0.05, 0) is 19.1 Å². The van der Waals surface area contributed by atoms with Gasteiger partial charge in [-0.25, -0.2) is 0 Å². The van der Waals surface area contributed by atoms with E-state index in [1.807, 2.05) is 11.8 Å². The topological polar surface area (TPSA) is 68.5 Å². The molecule has 5 heteroatoms. The summed E-state index contributed by atoms with van der Waals surface area (Å²) in [7, 11) is 0. The minimum Gasteiger partial charge on any atom is -0.397 e. The first-order chi connectivity index (χ1) is 8.15. The van der Waals surface area contributed by atoms with Crippen LogP contribution in [0.25, 0.3) is 0 Å². The van der Waals surface area contributed by atoms with Gasteiger partial charge in [0.25, 0.3) is 0 Å². The Labute approximate surface area is 101 Å². The fraction of sp³-hybridized carbons (Fsp3) is 0.500. The lowest BCUT2D eigenvalue weighted by Gasteiger charge is -2.31. The molecule has 0 aromatic carbocycles. The van der Waals surface area contributed by atoms with E-state index < -0.39 is 0 Å². The first-order valence-electron chi connectivity index (χ1n) is 5.75. The number of carbonyl (C=O) groups excluding carboxylic acids is 1. The molecule has 17 heavy (non-hydrogen) atoms. The largest absolute Gasteiger partial charge is 0.397 e. The minimum absolute atomic E-state index is 0.0948. The summed E-state index contributed by atoms with van der Waals surface area (Å²) in [5, 5.41) is 0. The van der Waals surface area contributed by atoms with Crippen molar-refractivity contribution in [1.82, 2.24) is 9.88 Å². The van der Waals surface area contributed by atoms with E-state index in [1.54, 1.807) is 18.3 Å². The van der Waals surface area contributed by atoms with Crippen LogP contribution in [0, 0.1) is 0 Å². The third-order valence-electron chi connectivity index (χ3n) is 2.77. The molecule has 2 heterocycles. The molecule has 0 saturated carbocycles. The van der Waals surface area contributed by atoms with Gasteiger partial charge in [-0.3, -0.25) is 9.78 Å². The third kappa shape index (κ3) is 3.17. The van der Waals surface area contributed by atoms with Crippen LogP contribution >= 0.6 is 0 Å². The van der Waals surface area contributed by atoms with Crippen LogP contribution in [-0.2, 0) is 16.0 Å². The first-order valence-corrected chi connectivity index (χ1v) is 5.75. The zero-order valence-electron chi connectivity index (χ0n) is 9.93. The molecule has 1 aromatic heterocycles. The molecular weight excluding hydrogens is 218 g/mol. The monoisotopic (exact) mass is 235 g/mol. The van der Waals surface area contributed by atoms with E-state index in [4.69, 9.17) is 10.5 Å². The van der Waals surface area contributed by atoms with Gasteiger partial charge >= 0.3 is 0 Å². The molecule has 2 N–H and O–H groups in total. The lowest BCUT2D eigenvalue weighted by Crippen LogP contribution is -2.45. The van der Waals surface area contributed by atoms with E-state index in [0.29, 0.717) is 31.8 Å². The first kappa shape index (κ1) is 11.9. The molecular formula is C12H17N3O2. The molecule has 5 nitrogen and oxygen atoms in total. The van der Waals surface area contributed by atoms with Crippen molar-refractivity contribution in [3.63, 3.8) is 0 Å². The van der Waals surface area contributed by atoms with Crippen LogP contribution in [0.3, 0.4) is 0 Å². The summed E-state index contributed by atoms with van der Waals surface area (Å²) in [6.07, 6.45) is 2.02. The van der Waals surface area contributed by atoms with Gasteiger partial charge in [-0.15, -0.1) is 0 Å². The number of carbonyl (C=O) groups is 1. The summed E-state index contributed by atoms with van der Waals surface area (Å²) in [6, 6.07) is 3.55. The Morgan fingerprint density at radius 2 is 2.47 bits per heavy atom. The predicted molar refractivity (Wildman–Crippen MR) is 64.3 cm³/mol. The van der Waals surface area contributed by atoms with Crippen LogP contribution in [0.1, 0.15) is 12.6 Å². The smallest absolute Gasteiger partial charge is 0.228 e. The number of nitrogens with zero attached hydrogens (tertiary/aromatic N) is 2. The fourth-order valence-corrected chi connectivity index (χ4v) is 1.85. The average molecular weight is 235 g/mol. The predicted octanol–water partition coefficient (Wildman–Crippen LogP) is 0.454. The van der Waals surface area contributed by atoms with E-state index in [-0.39, 0.29) is 12.0 Å². The van der Waals surface area contributed by atoms with Crippen LogP contribution in [0.5, 0.6) is 0 Å². The molecule has 1 amide bonds. The highest BCUT2D eigenvalue weighted by Gasteiger charge is 2.21. The Hall–Kier alpha value is -1.62. The number of nitrogen functional groups attached to an aromatic ring is 1. The van der Waals surface area contributed by atoms with Gasteiger partial charge in [0.2, 0.25) is 5.91 Å². The summed E-state index contributed by atoms with van der Waals surface area (Å²) in [6.45, 7) is 3.91. The maximum atomic E-state index is 12.0. The minimum atomic E-state index is 0.0948. The Bertz CT molecular complexity index is 391. The summed E-state index contributed by atoms with van der Waals surface area (Å²) in [5.74, 6) is 0.0948. The molecule has 0 aliphatic carbocycles. The van der Waals surface area contributed by atoms with Crippen LogP contribution < -0.4 is 5.73 Å². The molecule has 1 aromatic rings. The van der Waals surface area contributed by atoms with Gasteiger partial charge in [-0.2, -0.15) is 0 Å².